The van der Waals surface area contributed by atoms with Gasteiger partial charge in [0.15, 0.2) is 11.5 Å². The van der Waals surface area contributed by atoms with Crippen molar-refractivity contribution in [3.8, 4) is 11.4 Å². The molecule has 1 aromatic heterocycles. The summed E-state index contributed by atoms with van der Waals surface area (Å²) in [5, 5.41) is 9.48. The van der Waals surface area contributed by atoms with E-state index in [1.807, 2.05) is 0 Å². The fraction of sp³-hybridized carbons (Fsp3) is 0. The Labute approximate surface area is 107 Å². The van der Waals surface area contributed by atoms with E-state index in [-0.39, 0.29) is 10.7 Å². The minimum atomic E-state index is -1.19. The van der Waals surface area contributed by atoms with Gasteiger partial charge in [0.2, 0.25) is 0 Å². The molecule has 6 heteroatoms. The molecule has 0 unspecified atom stereocenters. The monoisotopic (exact) mass is 268 g/mol. The highest BCUT2D eigenvalue weighted by Crippen LogP contribution is 2.20. The fourth-order valence-electron chi connectivity index (χ4n) is 1.26. The van der Waals surface area contributed by atoms with E-state index in [0.29, 0.717) is 16.4 Å². The first-order valence-corrected chi connectivity index (χ1v) is 5.35. The number of rotatable bonds is 2. The summed E-state index contributed by atoms with van der Waals surface area (Å²) < 4.78 is 0. The van der Waals surface area contributed by atoms with Gasteiger partial charge in [-0.1, -0.05) is 23.2 Å². The Balaban J connectivity index is 2.50. The highest BCUT2D eigenvalue weighted by Gasteiger charge is 2.13. The van der Waals surface area contributed by atoms with Gasteiger partial charge in [0.05, 0.1) is 11.2 Å². The zero-order chi connectivity index (χ0) is 12.4. The standard InChI is InChI=1S/C11H6Cl2N2O2/c12-7-3-1-6(2-4-7)10-14-5-8(13)9(15-10)11(16)17/h1-5H,(H,16,17). The van der Waals surface area contributed by atoms with Crippen LogP contribution in [0.3, 0.4) is 0 Å². The summed E-state index contributed by atoms with van der Waals surface area (Å²) >= 11 is 11.4. The van der Waals surface area contributed by atoms with E-state index < -0.39 is 5.97 Å². The SMILES string of the molecule is O=C(O)c1nc(-c2ccc(Cl)cc2)ncc1Cl. The fourth-order valence-corrected chi connectivity index (χ4v) is 1.55. The summed E-state index contributed by atoms with van der Waals surface area (Å²) in [6, 6.07) is 6.76. The summed E-state index contributed by atoms with van der Waals surface area (Å²) in [4.78, 5) is 18.7. The average molecular weight is 269 g/mol. The van der Waals surface area contributed by atoms with Gasteiger partial charge < -0.3 is 5.11 Å². The van der Waals surface area contributed by atoms with E-state index in [0.717, 1.165) is 0 Å². The molecule has 0 fully saturated rings. The summed E-state index contributed by atoms with van der Waals surface area (Å²) in [5.41, 5.74) is 0.459. The van der Waals surface area contributed by atoms with Crippen LogP contribution in [0.15, 0.2) is 30.5 Å². The lowest BCUT2D eigenvalue weighted by Crippen LogP contribution is -2.03. The van der Waals surface area contributed by atoms with Gasteiger partial charge in [-0.25, -0.2) is 14.8 Å². The molecule has 0 aliphatic carbocycles. The molecule has 2 rings (SSSR count). The molecule has 0 saturated heterocycles. The zero-order valence-electron chi connectivity index (χ0n) is 8.39. The first-order chi connectivity index (χ1) is 8.08. The Morgan fingerprint density at radius 2 is 1.82 bits per heavy atom. The van der Waals surface area contributed by atoms with Crippen LogP contribution in [-0.2, 0) is 0 Å². The maximum absolute atomic E-state index is 10.9. The van der Waals surface area contributed by atoms with Crippen LogP contribution < -0.4 is 0 Å². The number of hydrogen-bond acceptors (Lipinski definition) is 3. The zero-order valence-corrected chi connectivity index (χ0v) is 9.90. The minimum Gasteiger partial charge on any atom is -0.476 e. The number of nitrogens with zero attached hydrogens (tertiary/aromatic N) is 2. The average Bonchev–Trinajstić information content (AvgIpc) is 2.30. The van der Waals surface area contributed by atoms with E-state index in [4.69, 9.17) is 28.3 Å². The summed E-state index contributed by atoms with van der Waals surface area (Å²) in [6.07, 6.45) is 1.27. The molecule has 1 heterocycles. The van der Waals surface area contributed by atoms with Crippen LogP contribution in [0.1, 0.15) is 10.5 Å². The van der Waals surface area contributed by atoms with Crippen molar-refractivity contribution in [1.82, 2.24) is 9.97 Å². The van der Waals surface area contributed by atoms with Crippen molar-refractivity contribution in [2.45, 2.75) is 0 Å². The molecular formula is C11H6Cl2N2O2. The van der Waals surface area contributed by atoms with Gasteiger partial charge in [0, 0.05) is 10.6 Å². The predicted molar refractivity (Wildman–Crippen MR) is 64.4 cm³/mol. The number of hydrogen-bond donors (Lipinski definition) is 1. The van der Waals surface area contributed by atoms with Crippen molar-refractivity contribution in [3.63, 3.8) is 0 Å². The molecule has 86 valence electrons. The van der Waals surface area contributed by atoms with E-state index in [2.05, 4.69) is 9.97 Å². The lowest BCUT2D eigenvalue weighted by molar-refractivity contribution is 0.0690. The third kappa shape index (κ3) is 2.54. The lowest BCUT2D eigenvalue weighted by Gasteiger charge is -2.02. The molecule has 0 saturated carbocycles. The normalized spacial score (nSPS) is 10.2. The maximum atomic E-state index is 10.9. The molecule has 0 amide bonds. The van der Waals surface area contributed by atoms with Gasteiger partial charge in [-0.15, -0.1) is 0 Å². The number of carboxylic acids is 1. The molecule has 1 aromatic carbocycles. The third-order valence-electron chi connectivity index (χ3n) is 2.05. The molecule has 0 radical (unpaired) electrons. The molecule has 0 aliphatic rings. The number of benzene rings is 1. The lowest BCUT2D eigenvalue weighted by atomic mass is 10.2. The number of halogens is 2. The minimum absolute atomic E-state index is 0.00946. The van der Waals surface area contributed by atoms with Gasteiger partial charge in [0.25, 0.3) is 0 Å². The Hall–Kier alpha value is -1.65. The van der Waals surface area contributed by atoms with Crippen LogP contribution in [0.25, 0.3) is 11.4 Å². The molecule has 1 N–H and O–H groups in total. The van der Waals surface area contributed by atoms with Crippen LogP contribution >= 0.6 is 23.2 Å². The van der Waals surface area contributed by atoms with Crippen molar-refractivity contribution < 1.29 is 9.90 Å². The maximum Gasteiger partial charge on any atom is 0.356 e. The molecule has 0 aliphatic heterocycles. The molecule has 4 nitrogen and oxygen atoms in total. The summed E-state index contributed by atoms with van der Waals surface area (Å²) in [7, 11) is 0. The van der Waals surface area contributed by atoms with Crippen LogP contribution in [0.2, 0.25) is 10.0 Å². The van der Waals surface area contributed by atoms with Gasteiger partial charge >= 0.3 is 5.97 Å². The second-order valence-electron chi connectivity index (χ2n) is 3.20. The molecule has 0 spiro atoms. The number of aromatic nitrogens is 2. The highest BCUT2D eigenvalue weighted by molar-refractivity contribution is 6.33. The van der Waals surface area contributed by atoms with Crippen molar-refractivity contribution in [2.24, 2.45) is 0 Å². The highest BCUT2D eigenvalue weighted by atomic mass is 35.5. The topological polar surface area (TPSA) is 63.1 Å². The first kappa shape index (κ1) is 11.8. The molecule has 2 aromatic rings. The van der Waals surface area contributed by atoms with Crippen molar-refractivity contribution in [2.75, 3.05) is 0 Å². The van der Waals surface area contributed by atoms with Crippen molar-refractivity contribution in [1.29, 1.82) is 0 Å². The van der Waals surface area contributed by atoms with Gasteiger partial charge in [-0.2, -0.15) is 0 Å². The van der Waals surface area contributed by atoms with E-state index in [1.54, 1.807) is 24.3 Å². The Morgan fingerprint density at radius 3 is 2.41 bits per heavy atom. The Morgan fingerprint density at radius 1 is 1.18 bits per heavy atom. The smallest absolute Gasteiger partial charge is 0.356 e. The third-order valence-corrected chi connectivity index (χ3v) is 2.58. The quantitative estimate of drug-likeness (QED) is 0.909. The second kappa shape index (κ2) is 4.69. The van der Waals surface area contributed by atoms with Crippen LogP contribution in [0.5, 0.6) is 0 Å². The molecule has 0 bridgehead atoms. The Kier molecular flexibility index (Phi) is 3.26. The van der Waals surface area contributed by atoms with Crippen LogP contribution in [0, 0.1) is 0 Å². The van der Waals surface area contributed by atoms with E-state index in [9.17, 15) is 4.79 Å². The number of aromatic carboxylic acids is 1. The molecule has 0 atom stereocenters. The predicted octanol–water partition coefficient (Wildman–Crippen LogP) is 3.15. The molecule has 17 heavy (non-hydrogen) atoms. The first-order valence-electron chi connectivity index (χ1n) is 4.59. The van der Waals surface area contributed by atoms with Crippen LogP contribution in [0.4, 0.5) is 0 Å². The van der Waals surface area contributed by atoms with Gasteiger partial charge in [-0.3, -0.25) is 0 Å². The largest absolute Gasteiger partial charge is 0.476 e. The summed E-state index contributed by atoms with van der Waals surface area (Å²) in [6.45, 7) is 0. The Bertz CT molecular complexity index is 570. The van der Waals surface area contributed by atoms with Crippen LogP contribution in [-0.4, -0.2) is 21.0 Å². The van der Waals surface area contributed by atoms with Crippen molar-refractivity contribution >= 4 is 29.2 Å². The number of carboxylic acid groups (broad SMARTS) is 1. The molecular weight excluding hydrogens is 263 g/mol. The van der Waals surface area contributed by atoms with E-state index in [1.165, 1.54) is 6.20 Å². The van der Waals surface area contributed by atoms with Crippen molar-refractivity contribution in [3.05, 3.63) is 46.2 Å². The second-order valence-corrected chi connectivity index (χ2v) is 4.05. The van der Waals surface area contributed by atoms with Gasteiger partial charge in [-0.05, 0) is 24.3 Å². The summed E-state index contributed by atoms with van der Waals surface area (Å²) in [5.74, 6) is -0.893. The number of carbonyl (C=O) groups is 1. The van der Waals surface area contributed by atoms with Gasteiger partial charge in [0.1, 0.15) is 0 Å². The van der Waals surface area contributed by atoms with E-state index >= 15 is 0 Å².